The first-order valence-electron chi connectivity index (χ1n) is 5.78. The van der Waals surface area contributed by atoms with Gasteiger partial charge in [-0.2, -0.15) is 0 Å². The van der Waals surface area contributed by atoms with Gasteiger partial charge in [0.1, 0.15) is 5.60 Å². The molecule has 0 aromatic carbocycles. The van der Waals surface area contributed by atoms with E-state index in [0.717, 1.165) is 32.3 Å². The minimum Gasteiger partial charge on any atom is -0.452 e. The molecular formula is C12H16O3. The normalized spacial score (nSPS) is 44.1. The van der Waals surface area contributed by atoms with Crippen LogP contribution in [0, 0.1) is 0 Å². The fraction of sp³-hybridized carbons (Fsp3) is 0.750. The van der Waals surface area contributed by atoms with Crippen LogP contribution in [0.5, 0.6) is 0 Å². The Morgan fingerprint density at radius 1 is 1.13 bits per heavy atom. The van der Waals surface area contributed by atoms with Crippen molar-refractivity contribution in [1.29, 1.82) is 0 Å². The zero-order valence-corrected chi connectivity index (χ0v) is 8.83. The van der Waals surface area contributed by atoms with Crippen molar-refractivity contribution in [2.45, 2.75) is 49.7 Å². The van der Waals surface area contributed by atoms with Gasteiger partial charge in [0.15, 0.2) is 0 Å². The van der Waals surface area contributed by atoms with Gasteiger partial charge in [0.25, 0.3) is 0 Å². The Morgan fingerprint density at radius 2 is 1.93 bits per heavy atom. The van der Waals surface area contributed by atoms with Gasteiger partial charge in [-0.3, -0.25) is 0 Å². The van der Waals surface area contributed by atoms with E-state index in [0.29, 0.717) is 0 Å². The molecule has 0 radical (unpaired) electrons. The van der Waals surface area contributed by atoms with E-state index in [1.165, 1.54) is 12.8 Å². The molecule has 0 atom stereocenters. The molecule has 1 saturated carbocycles. The average Bonchev–Trinajstić information content (AvgIpc) is 2.81. The standard InChI is InChI=1S/C12H16O3/c13-10-2-4-12(15-10)7-5-11(6-8-12)3-1-9-14-11/h2,4H,1,3,5-9H2. The van der Waals surface area contributed by atoms with Gasteiger partial charge in [-0.05, 0) is 44.6 Å². The van der Waals surface area contributed by atoms with E-state index in [4.69, 9.17) is 9.47 Å². The molecular weight excluding hydrogens is 192 g/mol. The summed E-state index contributed by atoms with van der Waals surface area (Å²) in [7, 11) is 0. The minimum absolute atomic E-state index is 0.119. The summed E-state index contributed by atoms with van der Waals surface area (Å²) in [5, 5.41) is 0. The second-order valence-electron chi connectivity index (χ2n) is 4.95. The van der Waals surface area contributed by atoms with Crippen LogP contribution >= 0.6 is 0 Å². The number of carbonyl (C=O) groups excluding carboxylic acids is 1. The Bertz CT molecular complexity index is 303. The summed E-state index contributed by atoms with van der Waals surface area (Å²) in [4.78, 5) is 11.1. The highest BCUT2D eigenvalue weighted by Crippen LogP contribution is 2.46. The Balaban J connectivity index is 1.70. The van der Waals surface area contributed by atoms with Gasteiger partial charge in [-0.15, -0.1) is 0 Å². The van der Waals surface area contributed by atoms with E-state index in [2.05, 4.69) is 0 Å². The molecule has 15 heavy (non-hydrogen) atoms. The SMILES string of the molecule is O=C1C=CC2(CCC3(CCCO3)CC2)O1. The van der Waals surface area contributed by atoms with Crippen LogP contribution in [0.2, 0.25) is 0 Å². The predicted molar refractivity (Wildman–Crippen MR) is 54.3 cm³/mol. The van der Waals surface area contributed by atoms with Gasteiger partial charge in [-0.1, -0.05) is 0 Å². The van der Waals surface area contributed by atoms with Gasteiger partial charge in [0.05, 0.1) is 5.60 Å². The number of rotatable bonds is 0. The second-order valence-corrected chi connectivity index (χ2v) is 4.95. The molecule has 0 aromatic rings. The van der Waals surface area contributed by atoms with Crippen LogP contribution in [0.4, 0.5) is 0 Å². The van der Waals surface area contributed by atoms with Crippen LogP contribution in [0.25, 0.3) is 0 Å². The maximum Gasteiger partial charge on any atom is 0.331 e. The fourth-order valence-electron chi connectivity index (χ4n) is 3.04. The molecule has 0 unspecified atom stereocenters. The van der Waals surface area contributed by atoms with Crippen molar-refractivity contribution in [3.8, 4) is 0 Å². The molecule has 2 heterocycles. The first-order valence-corrected chi connectivity index (χ1v) is 5.78. The zero-order valence-electron chi connectivity index (χ0n) is 8.83. The summed E-state index contributed by atoms with van der Waals surface area (Å²) < 4.78 is 11.2. The van der Waals surface area contributed by atoms with Crippen molar-refractivity contribution in [2.24, 2.45) is 0 Å². The Kier molecular flexibility index (Phi) is 1.93. The molecule has 0 aromatic heterocycles. The monoisotopic (exact) mass is 208 g/mol. The van der Waals surface area contributed by atoms with Crippen LogP contribution in [0.3, 0.4) is 0 Å². The maximum atomic E-state index is 11.1. The zero-order chi connectivity index (χ0) is 10.4. The number of hydrogen-bond acceptors (Lipinski definition) is 3. The molecule has 2 aliphatic heterocycles. The topological polar surface area (TPSA) is 35.5 Å². The predicted octanol–water partition coefficient (Wildman–Crippen LogP) is 1.96. The molecule has 1 saturated heterocycles. The maximum absolute atomic E-state index is 11.1. The highest BCUT2D eigenvalue weighted by Gasteiger charge is 2.47. The van der Waals surface area contributed by atoms with Crippen LogP contribution in [-0.4, -0.2) is 23.8 Å². The van der Waals surface area contributed by atoms with Crippen molar-refractivity contribution in [3.63, 3.8) is 0 Å². The Morgan fingerprint density at radius 3 is 2.47 bits per heavy atom. The fourth-order valence-corrected chi connectivity index (χ4v) is 3.04. The molecule has 2 spiro atoms. The van der Waals surface area contributed by atoms with Crippen LogP contribution in [0.15, 0.2) is 12.2 Å². The third-order valence-electron chi connectivity index (χ3n) is 4.02. The van der Waals surface area contributed by atoms with E-state index in [9.17, 15) is 4.79 Å². The van der Waals surface area contributed by atoms with Crippen molar-refractivity contribution in [2.75, 3.05) is 6.61 Å². The lowest BCUT2D eigenvalue weighted by Crippen LogP contribution is -2.42. The summed E-state index contributed by atoms with van der Waals surface area (Å²) in [5.74, 6) is -0.182. The Labute approximate surface area is 89.4 Å². The van der Waals surface area contributed by atoms with Crippen molar-refractivity contribution in [1.82, 2.24) is 0 Å². The second kappa shape index (κ2) is 3.08. The molecule has 1 aliphatic carbocycles. The largest absolute Gasteiger partial charge is 0.452 e. The third kappa shape index (κ3) is 1.49. The van der Waals surface area contributed by atoms with Crippen molar-refractivity contribution >= 4 is 5.97 Å². The first kappa shape index (κ1) is 9.40. The van der Waals surface area contributed by atoms with E-state index >= 15 is 0 Å². The van der Waals surface area contributed by atoms with Crippen molar-refractivity contribution < 1.29 is 14.3 Å². The van der Waals surface area contributed by atoms with Gasteiger partial charge in [0.2, 0.25) is 0 Å². The van der Waals surface area contributed by atoms with E-state index < -0.39 is 0 Å². The Hall–Kier alpha value is -0.830. The van der Waals surface area contributed by atoms with Crippen LogP contribution in [0.1, 0.15) is 38.5 Å². The highest BCUT2D eigenvalue weighted by atomic mass is 16.6. The molecule has 3 aliphatic rings. The van der Waals surface area contributed by atoms with Crippen molar-refractivity contribution in [3.05, 3.63) is 12.2 Å². The highest BCUT2D eigenvalue weighted by molar-refractivity contribution is 5.85. The number of esters is 1. The van der Waals surface area contributed by atoms with E-state index in [1.54, 1.807) is 6.08 Å². The number of hydrogen-bond donors (Lipinski definition) is 0. The molecule has 3 rings (SSSR count). The lowest BCUT2D eigenvalue weighted by atomic mass is 9.75. The van der Waals surface area contributed by atoms with Gasteiger partial charge < -0.3 is 9.47 Å². The third-order valence-corrected chi connectivity index (χ3v) is 4.02. The molecule has 0 bridgehead atoms. The summed E-state index contributed by atoms with van der Waals surface area (Å²) in [6, 6.07) is 0. The van der Waals surface area contributed by atoms with Crippen LogP contribution < -0.4 is 0 Å². The van der Waals surface area contributed by atoms with Gasteiger partial charge >= 0.3 is 5.97 Å². The molecule has 0 amide bonds. The van der Waals surface area contributed by atoms with E-state index in [1.807, 2.05) is 6.08 Å². The summed E-state index contributed by atoms with van der Waals surface area (Å²) in [6.45, 7) is 0.905. The first-order chi connectivity index (χ1) is 7.22. The number of ether oxygens (including phenoxy) is 2. The summed E-state index contributed by atoms with van der Waals surface area (Å²) in [5.41, 5.74) is -0.164. The van der Waals surface area contributed by atoms with Gasteiger partial charge in [-0.25, -0.2) is 4.79 Å². The molecule has 0 N–H and O–H groups in total. The summed E-state index contributed by atoms with van der Waals surface area (Å²) >= 11 is 0. The number of carbonyl (C=O) groups is 1. The quantitative estimate of drug-likeness (QED) is 0.571. The molecule has 3 heteroatoms. The summed E-state index contributed by atoms with van der Waals surface area (Å²) in [6.07, 6.45) is 9.79. The smallest absolute Gasteiger partial charge is 0.331 e. The van der Waals surface area contributed by atoms with E-state index in [-0.39, 0.29) is 17.2 Å². The average molecular weight is 208 g/mol. The minimum atomic E-state index is -0.283. The molecule has 82 valence electrons. The lowest BCUT2D eigenvalue weighted by Gasteiger charge is -2.40. The molecule has 2 fully saturated rings. The lowest BCUT2D eigenvalue weighted by molar-refractivity contribution is -0.153. The van der Waals surface area contributed by atoms with Crippen LogP contribution in [-0.2, 0) is 14.3 Å². The van der Waals surface area contributed by atoms with Gasteiger partial charge in [0, 0.05) is 12.7 Å². The molecule has 3 nitrogen and oxygen atoms in total.